The van der Waals surface area contributed by atoms with Crippen LogP contribution in [0.4, 0.5) is 0 Å². The fourth-order valence-electron chi connectivity index (χ4n) is 1.81. The molecule has 0 N–H and O–H groups in total. The molecule has 0 saturated carbocycles. The number of allylic oxidation sites excluding steroid dienone is 9. The quantitative estimate of drug-likeness (QED) is 0.465. The molecule has 0 aromatic rings. The van der Waals surface area contributed by atoms with E-state index in [0.29, 0.717) is 11.8 Å². The molecule has 0 spiro atoms. The van der Waals surface area contributed by atoms with E-state index in [0.717, 1.165) is 12.0 Å². The minimum Gasteiger partial charge on any atom is -0.0991 e. The third-order valence-electron chi connectivity index (χ3n) is 3.44. The van der Waals surface area contributed by atoms with Gasteiger partial charge in [0.05, 0.1) is 0 Å². The Morgan fingerprint density at radius 2 is 1.79 bits per heavy atom. The van der Waals surface area contributed by atoms with E-state index < -0.39 is 0 Å². The average Bonchev–Trinajstić information content (AvgIpc) is 2.43. The molecule has 2 unspecified atom stereocenters. The SMILES string of the molecule is C=C/C=C\C(C)/C=C\C(=C(/C)CC)C(C)C(=C)C=C. The van der Waals surface area contributed by atoms with Crippen molar-refractivity contribution in [2.45, 2.75) is 34.1 Å². The molecule has 0 radical (unpaired) electrons. The first-order valence-electron chi connectivity index (χ1n) is 6.96. The van der Waals surface area contributed by atoms with E-state index in [-0.39, 0.29) is 0 Å². The van der Waals surface area contributed by atoms with Crippen LogP contribution in [0.15, 0.2) is 72.9 Å². The predicted octanol–water partition coefficient (Wildman–Crippen LogP) is 6.03. The van der Waals surface area contributed by atoms with Gasteiger partial charge in [-0.05, 0) is 30.4 Å². The van der Waals surface area contributed by atoms with Crippen LogP contribution in [0.25, 0.3) is 0 Å². The molecular weight excluding hydrogens is 228 g/mol. The molecule has 0 heteroatoms. The monoisotopic (exact) mass is 256 g/mol. The van der Waals surface area contributed by atoms with Crippen molar-refractivity contribution in [2.24, 2.45) is 11.8 Å². The Bertz CT molecular complexity index is 402. The van der Waals surface area contributed by atoms with Crippen LogP contribution in [0.2, 0.25) is 0 Å². The van der Waals surface area contributed by atoms with Crippen LogP contribution in [0.3, 0.4) is 0 Å². The highest BCUT2D eigenvalue weighted by molar-refractivity contribution is 5.35. The maximum Gasteiger partial charge on any atom is 0.00542 e. The normalized spacial score (nSPS) is 16.2. The van der Waals surface area contributed by atoms with Crippen LogP contribution < -0.4 is 0 Å². The zero-order valence-electron chi connectivity index (χ0n) is 12.9. The third-order valence-corrected chi connectivity index (χ3v) is 3.44. The van der Waals surface area contributed by atoms with Crippen molar-refractivity contribution in [1.82, 2.24) is 0 Å². The van der Waals surface area contributed by atoms with Gasteiger partial charge >= 0.3 is 0 Å². The fourth-order valence-corrected chi connectivity index (χ4v) is 1.81. The molecule has 0 aliphatic rings. The van der Waals surface area contributed by atoms with Gasteiger partial charge in [-0.3, -0.25) is 0 Å². The van der Waals surface area contributed by atoms with Crippen molar-refractivity contribution in [3.05, 3.63) is 72.9 Å². The standard InChI is InChI=1S/C19H28/c1-8-11-12-15(4)13-14-19(17(6)10-3)18(7)16(5)9-2/h8-9,11-15,18H,1-2,5,10H2,3-4,6-7H3/b12-11-,14-13-,19-17-. The summed E-state index contributed by atoms with van der Waals surface area (Å²) in [7, 11) is 0. The molecule has 104 valence electrons. The summed E-state index contributed by atoms with van der Waals surface area (Å²) in [4.78, 5) is 0. The van der Waals surface area contributed by atoms with E-state index in [1.54, 1.807) is 6.08 Å². The lowest BCUT2D eigenvalue weighted by molar-refractivity contribution is 0.819. The maximum atomic E-state index is 4.07. The van der Waals surface area contributed by atoms with E-state index >= 15 is 0 Å². The maximum absolute atomic E-state index is 4.07. The first kappa shape index (κ1) is 17.4. The molecule has 0 aliphatic carbocycles. The van der Waals surface area contributed by atoms with Crippen molar-refractivity contribution in [2.75, 3.05) is 0 Å². The lowest BCUT2D eigenvalue weighted by Gasteiger charge is -2.17. The zero-order valence-corrected chi connectivity index (χ0v) is 12.9. The largest absolute Gasteiger partial charge is 0.0991 e. The zero-order chi connectivity index (χ0) is 14.8. The van der Waals surface area contributed by atoms with Gasteiger partial charge in [-0.2, -0.15) is 0 Å². The van der Waals surface area contributed by atoms with E-state index in [2.05, 4.69) is 65.7 Å². The lowest BCUT2D eigenvalue weighted by atomic mass is 9.88. The van der Waals surface area contributed by atoms with Gasteiger partial charge in [0.2, 0.25) is 0 Å². The molecule has 0 aliphatic heterocycles. The first-order valence-corrected chi connectivity index (χ1v) is 6.96. The van der Waals surface area contributed by atoms with Crippen LogP contribution in [-0.4, -0.2) is 0 Å². The van der Waals surface area contributed by atoms with Gasteiger partial charge in [0.15, 0.2) is 0 Å². The van der Waals surface area contributed by atoms with Gasteiger partial charge in [0.25, 0.3) is 0 Å². The Morgan fingerprint density at radius 3 is 2.26 bits per heavy atom. The molecule has 0 bridgehead atoms. The van der Waals surface area contributed by atoms with Crippen molar-refractivity contribution >= 4 is 0 Å². The highest BCUT2D eigenvalue weighted by atomic mass is 14.1. The molecule has 0 rings (SSSR count). The lowest BCUT2D eigenvalue weighted by Crippen LogP contribution is -2.02. The highest BCUT2D eigenvalue weighted by Crippen LogP contribution is 2.25. The van der Waals surface area contributed by atoms with E-state index in [9.17, 15) is 0 Å². The van der Waals surface area contributed by atoms with Gasteiger partial charge in [0, 0.05) is 5.92 Å². The molecular formula is C19H28. The van der Waals surface area contributed by atoms with Gasteiger partial charge < -0.3 is 0 Å². The molecule has 0 aromatic carbocycles. The van der Waals surface area contributed by atoms with E-state index in [1.807, 2.05) is 12.2 Å². The van der Waals surface area contributed by atoms with Crippen molar-refractivity contribution in [1.29, 1.82) is 0 Å². The van der Waals surface area contributed by atoms with Crippen molar-refractivity contribution in [3.63, 3.8) is 0 Å². The van der Waals surface area contributed by atoms with Gasteiger partial charge in [-0.15, -0.1) is 0 Å². The molecule has 19 heavy (non-hydrogen) atoms. The summed E-state index contributed by atoms with van der Waals surface area (Å²) in [6.07, 6.45) is 13.3. The topological polar surface area (TPSA) is 0 Å². The Labute approximate surface area is 119 Å². The van der Waals surface area contributed by atoms with Crippen molar-refractivity contribution < 1.29 is 0 Å². The van der Waals surface area contributed by atoms with Crippen molar-refractivity contribution in [3.8, 4) is 0 Å². The fraction of sp³-hybridized carbons (Fsp3) is 0.368. The van der Waals surface area contributed by atoms with Crippen LogP contribution in [0.1, 0.15) is 34.1 Å². The predicted molar refractivity (Wildman–Crippen MR) is 89.1 cm³/mol. The Balaban J connectivity index is 5.15. The first-order chi connectivity index (χ1) is 8.97. The highest BCUT2D eigenvalue weighted by Gasteiger charge is 2.10. The summed E-state index contributed by atoms with van der Waals surface area (Å²) in [5.74, 6) is 0.728. The Hall–Kier alpha value is -1.56. The second-order valence-electron chi connectivity index (χ2n) is 4.93. The molecule has 0 heterocycles. The summed E-state index contributed by atoms with van der Waals surface area (Å²) < 4.78 is 0. The summed E-state index contributed by atoms with van der Waals surface area (Å²) >= 11 is 0. The number of rotatable bonds is 8. The van der Waals surface area contributed by atoms with E-state index in [4.69, 9.17) is 0 Å². The summed E-state index contributed by atoms with van der Waals surface area (Å²) in [5, 5.41) is 0. The number of hydrogen-bond acceptors (Lipinski definition) is 0. The Kier molecular flexibility index (Phi) is 8.61. The smallest absolute Gasteiger partial charge is 0.00542 e. The van der Waals surface area contributed by atoms with Crippen LogP contribution in [0.5, 0.6) is 0 Å². The van der Waals surface area contributed by atoms with E-state index in [1.165, 1.54) is 11.1 Å². The molecule has 0 saturated heterocycles. The summed E-state index contributed by atoms with van der Waals surface area (Å²) in [5.41, 5.74) is 3.83. The summed E-state index contributed by atoms with van der Waals surface area (Å²) in [6, 6.07) is 0. The molecule has 2 atom stereocenters. The third kappa shape index (κ3) is 6.24. The van der Waals surface area contributed by atoms with Crippen LogP contribution in [0, 0.1) is 11.8 Å². The van der Waals surface area contributed by atoms with Gasteiger partial charge in [-0.1, -0.05) is 82.5 Å². The average molecular weight is 256 g/mol. The number of hydrogen-bond donors (Lipinski definition) is 0. The molecule has 0 fully saturated rings. The Morgan fingerprint density at radius 1 is 1.16 bits per heavy atom. The second-order valence-corrected chi connectivity index (χ2v) is 4.93. The minimum absolute atomic E-state index is 0.323. The van der Waals surface area contributed by atoms with Gasteiger partial charge in [0.1, 0.15) is 0 Å². The van der Waals surface area contributed by atoms with Crippen LogP contribution in [-0.2, 0) is 0 Å². The second kappa shape index (κ2) is 9.38. The molecule has 0 aromatic heterocycles. The summed E-state index contributed by atoms with van der Waals surface area (Å²) in [6.45, 7) is 20.3. The van der Waals surface area contributed by atoms with Gasteiger partial charge in [-0.25, -0.2) is 0 Å². The van der Waals surface area contributed by atoms with Crippen LogP contribution >= 0.6 is 0 Å². The molecule has 0 amide bonds. The molecule has 0 nitrogen and oxygen atoms in total. The minimum atomic E-state index is 0.323.